The summed E-state index contributed by atoms with van der Waals surface area (Å²) >= 11 is 0. The Bertz CT molecular complexity index is 185. The molecule has 0 saturated carbocycles. The Morgan fingerprint density at radius 1 is 1.75 bits per heavy atom. The summed E-state index contributed by atoms with van der Waals surface area (Å²) in [5.74, 6) is 0.718. The van der Waals surface area contributed by atoms with E-state index < -0.39 is 0 Å². The smallest absolute Gasteiger partial charge is 0.149 e. The third-order valence-electron chi connectivity index (χ3n) is 0.979. The molecule has 0 fully saturated rings. The maximum Gasteiger partial charge on any atom is 0.149 e. The van der Waals surface area contributed by atoms with Crippen molar-refractivity contribution in [3.8, 4) is 0 Å². The maximum absolute atomic E-state index is 7.05. The second-order valence-electron chi connectivity index (χ2n) is 1.71. The van der Waals surface area contributed by atoms with E-state index in [4.69, 9.17) is 11.1 Å². The number of rotatable bonds is 0. The Labute approximate surface area is 47.4 Å². The first-order valence-electron chi connectivity index (χ1n) is 2.31. The van der Waals surface area contributed by atoms with E-state index in [9.17, 15) is 0 Å². The van der Waals surface area contributed by atoms with Crippen LogP contribution in [0.1, 0.15) is 6.92 Å². The molecule has 0 atom stereocenters. The Morgan fingerprint density at radius 2 is 2.38 bits per heavy atom. The molecule has 3 heteroatoms. The van der Waals surface area contributed by atoms with Crippen molar-refractivity contribution in [2.75, 3.05) is 0 Å². The van der Waals surface area contributed by atoms with Gasteiger partial charge < -0.3 is 5.73 Å². The van der Waals surface area contributed by atoms with Gasteiger partial charge in [-0.25, -0.2) is 4.99 Å². The average molecular weight is 109 g/mol. The maximum atomic E-state index is 7.05. The number of nitrogens with one attached hydrogen (secondary N) is 1. The molecular formula is C5H7N3. The fraction of sp³-hybridized carbons (Fsp3) is 0.200. The normalized spacial score (nSPS) is 18.4. The number of nitrogens with two attached hydrogens (primary N) is 1. The van der Waals surface area contributed by atoms with E-state index in [-0.39, 0.29) is 5.84 Å². The van der Waals surface area contributed by atoms with Crippen LogP contribution in [0.2, 0.25) is 0 Å². The molecule has 0 bridgehead atoms. The molecule has 42 valence electrons. The largest absolute Gasteiger partial charge is 0.384 e. The molecule has 3 N–H and O–H groups in total. The molecule has 0 saturated heterocycles. The molecule has 1 aliphatic heterocycles. The first kappa shape index (κ1) is 5.03. The van der Waals surface area contributed by atoms with Crippen LogP contribution in [-0.4, -0.2) is 11.7 Å². The van der Waals surface area contributed by atoms with Crippen LogP contribution in [0.5, 0.6) is 0 Å². The average Bonchev–Trinajstić information content (AvgIpc) is 1.85. The highest BCUT2D eigenvalue weighted by atomic mass is 14.9. The van der Waals surface area contributed by atoms with Gasteiger partial charge in [0.15, 0.2) is 0 Å². The van der Waals surface area contributed by atoms with Crippen molar-refractivity contribution in [2.24, 2.45) is 10.7 Å². The molecule has 8 heavy (non-hydrogen) atoms. The number of hydrogen-bond donors (Lipinski definition) is 2. The lowest BCUT2D eigenvalue weighted by Gasteiger charge is -1.82. The number of amidine groups is 2. The van der Waals surface area contributed by atoms with Gasteiger partial charge in [0, 0.05) is 0 Å². The van der Waals surface area contributed by atoms with Crippen LogP contribution in [0.3, 0.4) is 0 Å². The van der Waals surface area contributed by atoms with Gasteiger partial charge in [-0.05, 0) is 18.6 Å². The van der Waals surface area contributed by atoms with E-state index >= 15 is 0 Å². The Hall–Kier alpha value is -1.12. The van der Waals surface area contributed by atoms with Crippen LogP contribution in [0.15, 0.2) is 16.6 Å². The molecule has 3 nitrogen and oxygen atoms in total. The van der Waals surface area contributed by atoms with Crippen LogP contribution in [0.25, 0.3) is 0 Å². The van der Waals surface area contributed by atoms with E-state index in [0.29, 0.717) is 5.84 Å². The van der Waals surface area contributed by atoms with Crippen molar-refractivity contribution in [1.82, 2.24) is 0 Å². The molecule has 0 aromatic carbocycles. The van der Waals surface area contributed by atoms with E-state index in [0.717, 1.165) is 5.57 Å². The molecule has 1 heterocycles. The zero-order valence-corrected chi connectivity index (χ0v) is 4.60. The summed E-state index contributed by atoms with van der Waals surface area (Å²) in [7, 11) is 0. The minimum atomic E-state index is 0.280. The molecule has 0 unspecified atom stereocenters. The molecule has 0 spiro atoms. The minimum Gasteiger partial charge on any atom is -0.384 e. The van der Waals surface area contributed by atoms with Gasteiger partial charge in [0.05, 0.1) is 0 Å². The van der Waals surface area contributed by atoms with Gasteiger partial charge in [-0.2, -0.15) is 0 Å². The highest BCUT2D eigenvalue weighted by Crippen LogP contribution is 2.02. The van der Waals surface area contributed by atoms with E-state index in [1.165, 1.54) is 0 Å². The third-order valence-corrected chi connectivity index (χ3v) is 0.979. The Kier molecular flexibility index (Phi) is 0.901. The number of hydrogen-bond acceptors (Lipinski definition) is 2. The molecule has 1 rings (SSSR count). The fourth-order valence-corrected chi connectivity index (χ4v) is 0.540. The van der Waals surface area contributed by atoms with Crippen LogP contribution >= 0.6 is 0 Å². The van der Waals surface area contributed by atoms with Crippen molar-refractivity contribution in [3.05, 3.63) is 11.6 Å². The number of nitrogens with zero attached hydrogens (tertiary/aromatic N) is 1. The van der Waals surface area contributed by atoms with E-state index in [1.54, 1.807) is 6.08 Å². The molecule has 0 aliphatic carbocycles. The summed E-state index contributed by atoms with van der Waals surface area (Å²) in [6.07, 6.45) is 1.68. The third kappa shape index (κ3) is 0.621. The standard InChI is InChI=1S/C5H7N3/c1-3-2-4(6)8-5(3)7/h2H,1H3,(H3,6,7,8). The summed E-state index contributed by atoms with van der Waals surface area (Å²) in [6.45, 7) is 1.81. The van der Waals surface area contributed by atoms with Crippen molar-refractivity contribution < 1.29 is 0 Å². The monoisotopic (exact) mass is 109 g/mol. The van der Waals surface area contributed by atoms with Gasteiger partial charge >= 0.3 is 0 Å². The van der Waals surface area contributed by atoms with Crippen molar-refractivity contribution in [1.29, 1.82) is 5.41 Å². The topological polar surface area (TPSA) is 62.2 Å². The first-order chi connectivity index (χ1) is 3.70. The molecular weight excluding hydrogens is 102 g/mol. The minimum absolute atomic E-state index is 0.280. The van der Waals surface area contributed by atoms with Crippen LogP contribution in [0, 0.1) is 5.41 Å². The quantitative estimate of drug-likeness (QED) is 0.461. The van der Waals surface area contributed by atoms with Gasteiger partial charge in [0.1, 0.15) is 11.7 Å². The summed E-state index contributed by atoms with van der Waals surface area (Å²) < 4.78 is 0. The van der Waals surface area contributed by atoms with E-state index in [2.05, 4.69) is 4.99 Å². The molecule has 1 aliphatic rings. The van der Waals surface area contributed by atoms with Crippen molar-refractivity contribution >= 4 is 11.7 Å². The predicted molar refractivity (Wildman–Crippen MR) is 33.1 cm³/mol. The van der Waals surface area contributed by atoms with Crippen molar-refractivity contribution in [3.63, 3.8) is 0 Å². The van der Waals surface area contributed by atoms with Crippen molar-refractivity contribution in [2.45, 2.75) is 6.92 Å². The Balaban J connectivity index is 2.95. The fourth-order valence-electron chi connectivity index (χ4n) is 0.540. The summed E-state index contributed by atoms with van der Waals surface area (Å²) in [5.41, 5.74) is 6.08. The SMILES string of the molecule is CC1=CC(N)=NC1=N. The highest BCUT2D eigenvalue weighted by molar-refractivity contribution is 6.15. The zero-order valence-electron chi connectivity index (χ0n) is 4.60. The lowest BCUT2D eigenvalue weighted by Crippen LogP contribution is -2.04. The van der Waals surface area contributed by atoms with Gasteiger partial charge in [-0.15, -0.1) is 0 Å². The van der Waals surface area contributed by atoms with Crippen LogP contribution < -0.4 is 5.73 Å². The molecule has 0 aromatic rings. The second-order valence-corrected chi connectivity index (χ2v) is 1.71. The van der Waals surface area contributed by atoms with E-state index in [1.807, 2.05) is 6.92 Å². The van der Waals surface area contributed by atoms with Gasteiger partial charge in [-0.1, -0.05) is 0 Å². The van der Waals surface area contributed by atoms with Crippen LogP contribution in [-0.2, 0) is 0 Å². The molecule has 0 amide bonds. The lowest BCUT2D eigenvalue weighted by atomic mass is 10.3. The van der Waals surface area contributed by atoms with Crippen LogP contribution in [0.4, 0.5) is 0 Å². The molecule has 0 aromatic heterocycles. The second kappa shape index (κ2) is 1.43. The van der Waals surface area contributed by atoms with Gasteiger partial charge in [-0.3, -0.25) is 5.41 Å². The van der Waals surface area contributed by atoms with Gasteiger partial charge in [0.2, 0.25) is 0 Å². The summed E-state index contributed by atoms with van der Waals surface area (Å²) in [4.78, 5) is 3.66. The van der Waals surface area contributed by atoms with Gasteiger partial charge in [0.25, 0.3) is 0 Å². The molecule has 0 radical (unpaired) electrons. The first-order valence-corrected chi connectivity index (χ1v) is 2.31. The predicted octanol–water partition coefficient (Wildman–Crippen LogP) is 0.281. The zero-order chi connectivity index (χ0) is 6.15. The lowest BCUT2D eigenvalue weighted by molar-refractivity contribution is 1.41. The summed E-state index contributed by atoms with van der Waals surface area (Å²) in [6, 6.07) is 0. The summed E-state index contributed by atoms with van der Waals surface area (Å²) in [5, 5.41) is 7.05. The number of aliphatic imine (C=N–C) groups is 1. The Morgan fingerprint density at radius 3 is 2.50 bits per heavy atom. The highest BCUT2D eigenvalue weighted by Gasteiger charge is 2.04.